The third kappa shape index (κ3) is 3.39. The number of likely N-dealkylation sites (tertiary alicyclic amines) is 1. The molecule has 0 unspecified atom stereocenters. The number of amides is 2. The lowest BCUT2D eigenvalue weighted by atomic mass is 9.89. The second-order valence-corrected chi connectivity index (χ2v) is 8.09. The Balaban J connectivity index is 1.69. The van der Waals surface area contributed by atoms with Crippen molar-refractivity contribution in [3.05, 3.63) is 59.0 Å². The van der Waals surface area contributed by atoms with Crippen molar-refractivity contribution in [3.8, 4) is 6.07 Å². The van der Waals surface area contributed by atoms with Crippen molar-refractivity contribution in [2.75, 3.05) is 38.6 Å². The molecule has 2 fully saturated rings. The Morgan fingerprint density at radius 1 is 1.24 bits per heavy atom. The first-order valence-electron chi connectivity index (χ1n) is 9.75. The molecule has 0 N–H and O–H groups in total. The zero-order valence-corrected chi connectivity index (χ0v) is 16.8. The van der Waals surface area contributed by atoms with Crippen LogP contribution in [0.5, 0.6) is 0 Å². The summed E-state index contributed by atoms with van der Waals surface area (Å²) < 4.78 is 14.0. The number of urea groups is 1. The van der Waals surface area contributed by atoms with Gasteiger partial charge in [-0.05, 0) is 36.8 Å². The third-order valence-electron chi connectivity index (χ3n) is 5.92. The van der Waals surface area contributed by atoms with E-state index in [1.54, 1.807) is 31.1 Å². The molecule has 0 spiro atoms. The SMILES string of the molecule is Cc1ccc(C#N)c(N2C[C@@H]3CN(C(=O)N(C)C)[C@H](c4cccc(F)c4)[C@@H]3C2)n1. The molecular formula is C22H24FN5O. The number of carbonyl (C=O) groups is 1. The molecule has 0 radical (unpaired) electrons. The van der Waals surface area contributed by atoms with E-state index in [9.17, 15) is 14.4 Å². The number of pyridine rings is 1. The number of rotatable bonds is 2. The highest BCUT2D eigenvalue weighted by atomic mass is 19.1. The second kappa shape index (κ2) is 7.36. The average Bonchev–Trinajstić information content (AvgIpc) is 3.25. The normalized spacial score (nSPS) is 23.1. The van der Waals surface area contributed by atoms with Crippen molar-refractivity contribution >= 4 is 11.8 Å². The molecule has 2 aromatic rings. The van der Waals surface area contributed by atoms with Crippen LogP contribution in [-0.2, 0) is 0 Å². The summed E-state index contributed by atoms with van der Waals surface area (Å²) in [6.45, 7) is 3.91. The number of carbonyl (C=O) groups excluding carboxylic acids is 1. The Kier molecular flexibility index (Phi) is 4.87. The number of nitriles is 1. The summed E-state index contributed by atoms with van der Waals surface area (Å²) in [7, 11) is 3.47. The molecule has 1 aromatic carbocycles. The lowest BCUT2D eigenvalue weighted by Gasteiger charge is -2.32. The van der Waals surface area contributed by atoms with Crippen molar-refractivity contribution < 1.29 is 9.18 Å². The van der Waals surface area contributed by atoms with Gasteiger partial charge in [0, 0.05) is 51.3 Å². The fraction of sp³-hybridized carbons (Fsp3) is 0.409. The Hall–Kier alpha value is -3.14. The number of nitrogens with zero attached hydrogens (tertiary/aromatic N) is 5. The number of anilines is 1. The molecule has 150 valence electrons. The molecule has 2 aliphatic rings. The van der Waals surface area contributed by atoms with Crippen LogP contribution in [0.4, 0.5) is 15.0 Å². The van der Waals surface area contributed by atoms with Crippen LogP contribution in [0.15, 0.2) is 36.4 Å². The van der Waals surface area contributed by atoms with Gasteiger partial charge >= 0.3 is 6.03 Å². The molecule has 2 saturated heterocycles. The van der Waals surface area contributed by atoms with Gasteiger partial charge in [-0.3, -0.25) is 0 Å². The lowest BCUT2D eigenvalue weighted by Crippen LogP contribution is -2.41. The fourth-order valence-corrected chi connectivity index (χ4v) is 4.66. The number of fused-ring (bicyclic) bond motifs is 1. The number of hydrogen-bond acceptors (Lipinski definition) is 4. The van der Waals surface area contributed by atoms with E-state index in [2.05, 4.69) is 16.0 Å². The van der Waals surface area contributed by atoms with Crippen LogP contribution in [0.2, 0.25) is 0 Å². The van der Waals surface area contributed by atoms with Crippen LogP contribution in [0.1, 0.15) is 22.9 Å². The van der Waals surface area contributed by atoms with Crippen molar-refractivity contribution in [3.63, 3.8) is 0 Å². The van der Waals surface area contributed by atoms with Crippen LogP contribution in [0, 0.1) is 35.9 Å². The van der Waals surface area contributed by atoms with Gasteiger partial charge in [0.15, 0.2) is 0 Å². The zero-order valence-electron chi connectivity index (χ0n) is 16.8. The van der Waals surface area contributed by atoms with E-state index in [0.717, 1.165) is 17.8 Å². The molecule has 1 aromatic heterocycles. The van der Waals surface area contributed by atoms with Gasteiger partial charge in [0.2, 0.25) is 0 Å². The standard InChI is InChI=1S/C22H24FN5O/c1-14-7-8-16(10-24)21(25-14)27-11-17-12-28(22(29)26(2)3)20(19(17)13-27)15-5-4-6-18(23)9-15/h4-9,17,19-20H,11-13H2,1-3H3/t17-,19-,20-/m1/s1. The van der Waals surface area contributed by atoms with Crippen LogP contribution >= 0.6 is 0 Å². The second-order valence-electron chi connectivity index (χ2n) is 8.09. The third-order valence-corrected chi connectivity index (χ3v) is 5.92. The quantitative estimate of drug-likeness (QED) is 0.786. The summed E-state index contributed by atoms with van der Waals surface area (Å²) >= 11 is 0. The van der Waals surface area contributed by atoms with Crippen molar-refractivity contribution in [1.82, 2.24) is 14.8 Å². The van der Waals surface area contributed by atoms with Gasteiger partial charge in [0.05, 0.1) is 11.6 Å². The molecule has 2 amide bonds. The molecular weight excluding hydrogens is 369 g/mol. The highest BCUT2D eigenvalue weighted by molar-refractivity contribution is 5.75. The predicted octanol–water partition coefficient (Wildman–Crippen LogP) is 3.19. The van der Waals surface area contributed by atoms with Gasteiger partial charge in [0.1, 0.15) is 17.7 Å². The highest BCUT2D eigenvalue weighted by Gasteiger charge is 2.50. The van der Waals surface area contributed by atoms with Crippen LogP contribution < -0.4 is 4.90 Å². The Bertz CT molecular complexity index is 985. The number of aryl methyl sites for hydroxylation is 1. The van der Waals surface area contributed by atoms with Gasteiger partial charge in [-0.15, -0.1) is 0 Å². The smallest absolute Gasteiger partial charge is 0.320 e. The number of hydrogen-bond donors (Lipinski definition) is 0. The van der Waals surface area contributed by atoms with Crippen LogP contribution in [-0.4, -0.2) is 54.5 Å². The molecule has 0 bridgehead atoms. The summed E-state index contributed by atoms with van der Waals surface area (Å²) in [5.74, 6) is 0.783. The minimum absolute atomic E-state index is 0.0633. The summed E-state index contributed by atoms with van der Waals surface area (Å²) in [6.07, 6.45) is 0. The van der Waals surface area contributed by atoms with Crippen molar-refractivity contribution in [1.29, 1.82) is 5.26 Å². The van der Waals surface area contributed by atoms with E-state index < -0.39 is 0 Å². The van der Waals surface area contributed by atoms with E-state index in [-0.39, 0.29) is 29.7 Å². The number of halogens is 1. The zero-order chi connectivity index (χ0) is 20.7. The van der Waals surface area contributed by atoms with Gasteiger partial charge in [-0.25, -0.2) is 14.2 Å². The van der Waals surface area contributed by atoms with Gasteiger partial charge in [0.25, 0.3) is 0 Å². The number of benzene rings is 1. The van der Waals surface area contributed by atoms with E-state index >= 15 is 0 Å². The topological polar surface area (TPSA) is 63.5 Å². The predicted molar refractivity (Wildman–Crippen MR) is 108 cm³/mol. The van der Waals surface area contributed by atoms with Gasteiger partial charge < -0.3 is 14.7 Å². The molecule has 0 saturated carbocycles. The van der Waals surface area contributed by atoms with Crippen molar-refractivity contribution in [2.45, 2.75) is 13.0 Å². The van der Waals surface area contributed by atoms with Gasteiger partial charge in [-0.1, -0.05) is 12.1 Å². The maximum atomic E-state index is 14.0. The summed E-state index contributed by atoms with van der Waals surface area (Å²) in [5.41, 5.74) is 2.23. The first-order chi connectivity index (χ1) is 13.9. The Labute approximate surface area is 170 Å². The monoisotopic (exact) mass is 393 g/mol. The molecule has 3 heterocycles. The molecule has 2 aliphatic heterocycles. The minimum atomic E-state index is -0.301. The molecule has 4 rings (SSSR count). The molecule has 0 aliphatic carbocycles. The Morgan fingerprint density at radius 2 is 2.03 bits per heavy atom. The first kappa shape index (κ1) is 19.2. The first-order valence-corrected chi connectivity index (χ1v) is 9.75. The summed E-state index contributed by atoms with van der Waals surface area (Å²) in [4.78, 5) is 23.0. The van der Waals surface area contributed by atoms with Crippen LogP contribution in [0.3, 0.4) is 0 Å². The maximum absolute atomic E-state index is 14.0. The van der Waals surface area contributed by atoms with E-state index in [1.165, 1.54) is 12.1 Å². The van der Waals surface area contributed by atoms with E-state index in [1.807, 2.05) is 24.0 Å². The van der Waals surface area contributed by atoms with E-state index in [4.69, 9.17) is 0 Å². The summed E-state index contributed by atoms with van der Waals surface area (Å²) in [5, 5.41) is 9.49. The van der Waals surface area contributed by atoms with E-state index in [0.29, 0.717) is 24.5 Å². The minimum Gasteiger partial charge on any atom is -0.355 e. The molecule has 3 atom stereocenters. The highest BCUT2D eigenvalue weighted by Crippen LogP contribution is 2.46. The molecule has 7 heteroatoms. The number of aromatic nitrogens is 1. The van der Waals surface area contributed by atoms with Gasteiger partial charge in [-0.2, -0.15) is 5.26 Å². The molecule has 6 nitrogen and oxygen atoms in total. The summed E-state index contributed by atoms with van der Waals surface area (Å²) in [6, 6.07) is 12.1. The molecule has 29 heavy (non-hydrogen) atoms. The maximum Gasteiger partial charge on any atom is 0.320 e. The van der Waals surface area contributed by atoms with Crippen LogP contribution in [0.25, 0.3) is 0 Å². The van der Waals surface area contributed by atoms with Crippen molar-refractivity contribution in [2.24, 2.45) is 11.8 Å². The fourth-order valence-electron chi connectivity index (χ4n) is 4.66. The average molecular weight is 393 g/mol. The largest absolute Gasteiger partial charge is 0.355 e. The Morgan fingerprint density at radius 3 is 2.72 bits per heavy atom. The lowest BCUT2D eigenvalue weighted by molar-refractivity contribution is 0.159.